The molecule has 1 aromatic rings. The molecule has 1 heterocycles. The van der Waals surface area contributed by atoms with E-state index < -0.39 is 17.7 Å². The lowest BCUT2D eigenvalue weighted by atomic mass is 9.96. The van der Waals surface area contributed by atoms with E-state index in [1.165, 1.54) is 4.90 Å². The molecule has 1 atom stereocenters. The molecular formula is C19H21NO4. The summed E-state index contributed by atoms with van der Waals surface area (Å²) in [5.41, 5.74) is 0.388. The molecule has 0 aromatic heterocycles. The number of amides is 1. The molecule has 1 saturated heterocycles. The molecule has 2 aliphatic rings. The molecule has 24 heavy (non-hydrogen) atoms. The van der Waals surface area contributed by atoms with Crippen molar-refractivity contribution in [2.24, 2.45) is 5.92 Å². The van der Waals surface area contributed by atoms with Crippen molar-refractivity contribution < 1.29 is 19.5 Å². The Morgan fingerprint density at radius 3 is 2.46 bits per heavy atom. The summed E-state index contributed by atoms with van der Waals surface area (Å²) in [5, 5.41) is 10.6. The van der Waals surface area contributed by atoms with Crippen molar-refractivity contribution in [2.45, 2.75) is 38.6 Å². The van der Waals surface area contributed by atoms with E-state index in [4.69, 9.17) is 0 Å². The summed E-state index contributed by atoms with van der Waals surface area (Å²) in [6.45, 7) is 2.34. The highest BCUT2D eigenvalue weighted by Gasteiger charge is 2.51. The summed E-state index contributed by atoms with van der Waals surface area (Å²) in [5.74, 6) is -1.92. The normalized spacial score (nSPS) is 22.9. The molecule has 1 aliphatic carbocycles. The van der Waals surface area contributed by atoms with Crippen LogP contribution in [0.2, 0.25) is 0 Å². The van der Waals surface area contributed by atoms with Crippen LogP contribution in [-0.2, 0) is 14.4 Å². The number of hydrogen-bond donors (Lipinski definition) is 1. The lowest BCUT2D eigenvalue weighted by Crippen LogP contribution is -2.41. The second-order valence-electron chi connectivity index (χ2n) is 6.39. The van der Waals surface area contributed by atoms with Crippen LogP contribution < -0.4 is 0 Å². The highest BCUT2D eigenvalue weighted by molar-refractivity contribution is 6.48. The highest BCUT2D eigenvalue weighted by Crippen LogP contribution is 2.38. The van der Waals surface area contributed by atoms with Gasteiger partial charge in [-0.1, -0.05) is 43.7 Å². The maximum Gasteiger partial charge on any atom is 0.295 e. The monoisotopic (exact) mass is 327 g/mol. The summed E-state index contributed by atoms with van der Waals surface area (Å²) < 4.78 is 0. The summed E-state index contributed by atoms with van der Waals surface area (Å²) in [6, 6.07) is 7.65. The first-order valence-corrected chi connectivity index (χ1v) is 8.43. The molecule has 1 aliphatic heterocycles. The van der Waals surface area contributed by atoms with E-state index >= 15 is 0 Å². The predicted octanol–water partition coefficient (Wildman–Crippen LogP) is 2.51. The van der Waals surface area contributed by atoms with Crippen molar-refractivity contribution >= 4 is 23.2 Å². The van der Waals surface area contributed by atoms with Gasteiger partial charge in [0.25, 0.3) is 11.7 Å². The minimum atomic E-state index is -0.941. The van der Waals surface area contributed by atoms with Gasteiger partial charge in [-0.25, -0.2) is 0 Å². The molecule has 1 unspecified atom stereocenters. The second-order valence-corrected chi connectivity index (χ2v) is 6.39. The highest BCUT2D eigenvalue weighted by atomic mass is 16.3. The van der Waals surface area contributed by atoms with Gasteiger partial charge in [-0.15, -0.1) is 0 Å². The zero-order valence-corrected chi connectivity index (χ0v) is 13.7. The third kappa shape index (κ3) is 2.86. The average molecular weight is 327 g/mol. The quantitative estimate of drug-likeness (QED) is 0.495. The molecule has 2 fully saturated rings. The van der Waals surface area contributed by atoms with Gasteiger partial charge < -0.3 is 10.0 Å². The molecule has 3 rings (SSSR count). The number of carbonyl (C=O) groups excluding carboxylic acids is 3. The van der Waals surface area contributed by atoms with Gasteiger partial charge >= 0.3 is 0 Å². The number of hydrogen-bond acceptors (Lipinski definition) is 4. The Hall–Kier alpha value is -2.43. The van der Waals surface area contributed by atoms with Gasteiger partial charge in [0.15, 0.2) is 5.78 Å². The fourth-order valence-electron chi connectivity index (χ4n) is 3.08. The Labute approximate surface area is 141 Å². The van der Waals surface area contributed by atoms with Crippen molar-refractivity contribution in [1.82, 2.24) is 4.90 Å². The Kier molecular flexibility index (Phi) is 4.51. The molecule has 126 valence electrons. The van der Waals surface area contributed by atoms with Gasteiger partial charge in [-0.3, -0.25) is 14.4 Å². The third-order valence-electron chi connectivity index (χ3n) is 4.59. The van der Waals surface area contributed by atoms with E-state index in [-0.39, 0.29) is 23.0 Å². The molecule has 1 N–H and O–H groups in total. The number of nitrogens with zero attached hydrogens (tertiary/aromatic N) is 1. The van der Waals surface area contributed by atoms with Crippen LogP contribution in [0.5, 0.6) is 0 Å². The first-order chi connectivity index (χ1) is 11.6. The zero-order valence-electron chi connectivity index (χ0n) is 13.7. The smallest absolute Gasteiger partial charge is 0.295 e. The average Bonchev–Trinajstić information content (AvgIpc) is 3.41. The maximum atomic E-state index is 12.7. The van der Waals surface area contributed by atoms with Crippen LogP contribution in [0.3, 0.4) is 0 Å². The predicted molar refractivity (Wildman–Crippen MR) is 89.1 cm³/mol. The van der Waals surface area contributed by atoms with Crippen molar-refractivity contribution in [3.05, 3.63) is 41.5 Å². The maximum absolute atomic E-state index is 12.7. The minimum Gasteiger partial charge on any atom is -0.507 e. The first-order valence-electron chi connectivity index (χ1n) is 8.43. The lowest BCUT2D eigenvalue weighted by molar-refractivity contribution is -0.141. The van der Waals surface area contributed by atoms with Gasteiger partial charge in [0, 0.05) is 18.0 Å². The fraction of sp³-hybridized carbons (Fsp3) is 0.421. The van der Waals surface area contributed by atoms with E-state index in [0.29, 0.717) is 18.5 Å². The molecule has 5 nitrogen and oxygen atoms in total. The Morgan fingerprint density at radius 2 is 1.88 bits per heavy atom. The first kappa shape index (κ1) is 16.4. The van der Waals surface area contributed by atoms with Crippen LogP contribution in [0.4, 0.5) is 0 Å². The number of Topliss-reactive ketones (excluding diaryl/α,β-unsaturated/α-hetero) is 2. The van der Waals surface area contributed by atoms with Crippen LogP contribution in [0, 0.1) is 5.92 Å². The molecule has 1 saturated carbocycles. The summed E-state index contributed by atoms with van der Waals surface area (Å²) in [7, 11) is 0. The van der Waals surface area contributed by atoms with Gasteiger partial charge in [-0.05, 0) is 19.3 Å². The second kappa shape index (κ2) is 6.59. The summed E-state index contributed by atoms with van der Waals surface area (Å²) >= 11 is 0. The van der Waals surface area contributed by atoms with E-state index in [1.54, 1.807) is 30.3 Å². The molecular weight excluding hydrogens is 306 g/mol. The fourth-order valence-corrected chi connectivity index (χ4v) is 3.08. The van der Waals surface area contributed by atoms with Crippen molar-refractivity contribution in [2.75, 3.05) is 6.54 Å². The number of likely N-dealkylation sites (tertiary alicyclic amines) is 1. The molecule has 5 heteroatoms. The molecule has 1 aromatic carbocycles. The van der Waals surface area contributed by atoms with Gasteiger partial charge in [-0.2, -0.15) is 0 Å². The van der Waals surface area contributed by atoms with Crippen molar-refractivity contribution in [3.8, 4) is 0 Å². The standard InChI is InChI=1S/C19H21NO4/c1-2-3-11-20-15(17(22)13-9-10-13)14(18(23)19(20)24)16(21)12-7-5-4-6-8-12/h4-8,13,15,21H,2-3,9-11H2,1H3/b16-14+. The number of rotatable bonds is 6. The number of aliphatic hydroxyl groups is 1. The van der Waals surface area contributed by atoms with Crippen molar-refractivity contribution in [3.63, 3.8) is 0 Å². The van der Waals surface area contributed by atoms with Gasteiger partial charge in [0.05, 0.1) is 5.57 Å². The summed E-state index contributed by atoms with van der Waals surface area (Å²) in [4.78, 5) is 39.0. The Balaban J connectivity index is 2.06. The number of carbonyl (C=O) groups is 3. The molecule has 0 radical (unpaired) electrons. The molecule has 0 spiro atoms. The third-order valence-corrected chi connectivity index (χ3v) is 4.59. The van der Waals surface area contributed by atoms with Crippen molar-refractivity contribution in [1.29, 1.82) is 0 Å². The number of ketones is 2. The van der Waals surface area contributed by atoms with E-state index in [2.05, 4.69) is 0 Å². The van der Waals surface area contributed by atoms with E-state index in [9.17, 15) is 19.5 Å². The largest absolute Gasteiger partial charge is 0.507 e. The van der Waals surface area contributed by atoms with Crippen LogP contribution in [-0.4, -0.2) is 40.1 Å². The Morgan fingerprint density at radius 1 is 1.21 bits per heavy atom. The van der Waals surface area contributed by atoms with Gasteiger partial charge in [0.2, 0.25) is 0 Å². The van der Waals surface area contributed by atoms with E-state index in [1.807, 2.05) is 6.92 Å². The van der Waals surface area contributed by atoms with Crippen LogP contribution in [0.1, 0.15) is 38.2 Å². The van der Waals surface area contributed by atoms with Crippen LogP contribution in [0.25, 0.3) is 5.76 Å². The molecule has 1 amide bonds. The number of unbranched alkanes of at least 4 members (excludes halogenated alkanes) is 1. The number of benzene rings is 1. The van der Waals surface area contributed by atoms with Crippen LogP contribution >= 0.6 is 0 Å². The molecule has 0 bridgehead atoms. The Bertz CT molecular complexity index is 703. The van der Waals surface area contributed by atoms with Gasteiger partial charge in [0.1, 0.15) is 11.8 Å². The minimum absolute atomic E-state index is 0.0563. The zero-order chi connectivity index (χ0) is 17.3. The topological polar surface area (TPSA) is 74.7 Å². The lowest BCUT2D eigenvalue weighted by Gasteiger charge is -2.23. The van der Waals surface area contributed by atoms with E-state index in [0.717, 1.165) is 19.3 Å². The summed E-state index contributed by atoms with van der Waals surface area (Å²) in [6.07, 6.45) is 3.15. The number of aliphatic hydroxyl groups excluding tert-OH is 1. The SMILES string of the molecule is CCCCN1C(=O)C(=O)/C(=C(/O)c2ccccc2)C1C(=O)C1CC1. The van der Waals surface area contributed by atoms with Crippen LogP contribution in [0.15, 0.2) is 35.9 Å².